The molecule has 1 atom stereocenters. The van der Waals surface area contributed by atoms with E-state index >= 15 is 0 Å². The molecule has 1 aliphatic heterocycles. The van der Waals surface area contributed by atoms with Gasteiger partial charge in [0.05, 0.1) is 6.61 Å². The highest BCUT2D eigenvalue weighted by Crippen LogP contribution is 2.49. The molecule has 3 nitrogen and oxygen atoms in total. The minimum atomic E-state index is 0.0805. The Hall–Kier alpha value is -0.280. The second kappa shape index (κ2) is 5.57. The first-order valence-corrected chi connectivity index (χ1v) is 7.17. The van der Waals surface area contributed by atoms with Crippen LogP contribution < -0.4 is 0 Å². The molecule has 1 aliphatic carbocycles. The molecule has 17 heavy (non-hydrogen) atoms. The molecule has 1 spiro atoms. The van der Waals surface area contributed by atoms with Crippen molar-refractivity contribution in [3.05, 3.63) is 0 Å². The van der Waals surface area contributed by atoms with E-state index in [9.17, 15) is 4.79 Å². The smallest absolute Gasteiger partial charge is 0.237 e. The minimum absolute atomic E-state index is 0.0805. The summed E-state index contributed by atoms with van der Waals surface area (Å²) in [5, 5.41) is 0. The van der Waals surface area contributed by atoms with Gasteiger partial charge in [0.25, 0.3) is 0 Å². The Bertz CT molecular complexity index is 277. The van der Waals surface area contributed by atoms with Crippen LogP contribution in [0.15, 0.2) is 0 Å². The van der Waals surface area contributed by atoms with Crippen LogP contribution in [0.3, 0.4) is 0 Å². The summed E-state index contributed by atoms with van der Waals surface area (Å²) < 4.78 is 5.59. The van der Waals surface area contributed by atoms with Crippen LogP contribution in [0.25, 0.3) is 0 Å². The predicted molar refractivity (Wildman–Crippen MR) is 68.2 cm³/mol. The number of likely N-dealkylation sites (tertiary alicyclic amines) is 1. The van der Waals surface area contributed by atoms with Gasteiger partial charge >= 0.3 is 0 Å². The number of amides is 1. The zero-order valence-electron chi connectivity index (χ0n) is 10.6. The number of hydrogen-bond donors (Lipinski definition) is 0. The fraction of sp³-hybridized carbons (Fsp3) is 0.923. The van der Waals surface area contributed by atoms with E-state index in [-0.39, 0.29) is 11.8 Å². The minimum Gasteiger partial charge on any atom is -0.381 e. The first kappa shape index (κ1) is 13.2. The first-order chi connectivity index (χ1) is 8.22. The number of nitrogens with zero attached hydrogens (tertiary/aromatic N) is 1. The van der Waals surface area contributed by atoms with Crippen LogP contribution >= 0.6 is 11.6 Å². The van der Waals surface area contributed by atoms with Crippen LogP contribution in [-0.4, -0.2) is 43.0 Å². The van der Waals surface area contributed by atoms with Gasteiger partial charge < -0.3 is 9.64 Å². The molecule has 0 aromatic heterocycles. The number of carbonyl (C=O) groups is 1. The molecule has 1 saturated heterocycles. The summed E-state index contributed by atoms with van der Waals surface area (Å²) in [4.78, 5) is 13.7. The summed E-state index contributed by atoms with van der Waals surface area (Å²) in [6, 6.07) is 0. The molecule has 0 bridgehead atoms. The Morgan fingerprint density at radius 3 is 2.76 bits per heavy atom. The Kier molecular flexibility index (Phi) is 4.31. The second-order valence-corrected chi connectivity index (χ2v) is 5.60. The van der Waals surface area contributed by atoms with Crippen LogP contribution in [0.1, 0.15) is 32.6 Å². The Labute approximate surface area is 108 Å². The lowest BCUT2D eigenvalue weighted by Crippen LogP contribution is -2.32. The number of rotatable bonds is 4. The van der Waals surface area contributed by atoms with Crippen molar-refractivity contribution in [2.24, 2.45) is 11.3 Å². The zero-order valence-corrected chi connectivity index (χ0v) is 11.3. The van der Waals surface area contributed by atoms with E-state index in [1.807, 2.05) is 11.8 Å². The van der Waals surface area contributed by atoms with E-state index in [0.717, 1.165) is 26.3 Å². The van der Waals surface area contributed by atoms with Crippen molar-refractivity contribution in [1.29, 1.82) is 0 Å². The number of halogens is 1. The summed E-state index contributed by atoms with van der Waals surface area (Å²) in [5.41, 5.74) is 0.330. The number of hydrogen-bond acceptors (Lipinski definition) is 2. The number of carbonyl (C=O) groups excluding carboxylic acids is 1. The molecule has 1 heterocycles. The Balaban J connectivity index is 2.04. The lowest BCUT2D eigenvalue weighted by atomic mass is 9.77. The van der Waals surface area contributed by atoms with Crippen LogP contribution in [0.2, 0.25) is 0 Å². The van der Waals surface area contributed by atoms with Gasteiger partial charge in [-0.3, -0.25) is 4.79 Å². The Morgan fingerprint density at radius 2 is 2.18 bits per heavy atom. The van der Waals surface area contributed by atoms with Gasteiger partial charge in [0.2, 0.25) is 5.91 Å². The molecular weight excluding hydrogens is 238 g/mol. The molecule has 2 aliphatic rings. The SMILES string of the molecule is CCOCC1CN(C(=O)CCl)CC12CCCC2. The highest BCUT2D eigenvalue weighted by molar-refractivity contribution is 6.27. The molecule has 0 aromatic carbocycles. The van der Waals surface area contributed by atoms with E-state index in [2.05, 4.69) is 0 Å². The van der Waals surface area contributed by atoms with E-state index in [0.29, 0.717) is 11.3 Å². The van der Waals surface area contributed by atoms with Gasteiger partial charge in [-0.05, 0) is 25.2 Å². The third-order valence-corrected chi connectivity index (χ3v) is 4.63. The lowest BCUT2D eigenvalue weighted by molar-refractivity contribution is -0.127. The average Bonchev–Trinajstić information content (AvgIpc) is 2.95. The Morgan fingerprint density at radius 1 is 1.47 bits per heavy atom. The van der Waals surface area contributed by atoms with Gasteiger partial charge in [0.15, 0.2) is 0 Å². The van der Waals surface area contributed by atoms with Gasteiger partial charge in [-0.1, -0.05) is 12.8 Å². The summed E-state index contributed by atoms with van der Waals surface area (Å²) in [6.07, 6.45) is 5.09. The molecule has 0 N–H and O–H groups in total. The highest BCUT2D eigenvalue weighted by Gasteiger charge is 2.48. The topological polar surface area (TPSA) is 29.5 Å². The second-order valence-electron chi connectivity index (χ2n) is 5.33. The summed E-state index contributed by atoms with van der Waals surface area (Å²) in [7, 11) is 0. The van der Waals surface area contributed by atoms with Gasteiger partial charge in [0, 0.05) is 25.6 Å². The first-order valence-electron chi connectivity index (χ1n) is 6.63. The summed E-state index contributed by atoms with van der Waals surface area (Å²) in [6.45, 7) is 5.32. The summed E-state index contributed by atoms with van der Waals surface area (Å²) >= 11 is 5.66. The molecule has 2 rings (SSSR count). The predicted octanol–water partition coefficient (Wildman–Crippen LogP) is 2.28. The fourth-order valence-corrected chi connectivity index (χ4v) is 3.61. The van der Waals surface area contributed by atoms with Crippen molar-refractivity contribution in [3.8, 4) is 0 Å². The van der Waals surface area contributed by atoms with Gasteiger partial charge in [0.1, 0.15) is 5.88 Å². The molecule has 1 saturated carbocycles. The zero-order chi connectivity index (χ0) is 12.3. The van der Waals surface area contributed by atoms with Crippen molar-refractivity contribution < 1.29 is 9.53 Å². The van der Waals surface area contributed by atoms with E-state index in [1.165, 1.54) is 25.7 Å². The normalized spacial score (nSPS) is 26.9. The van der Waals surface area contributed by atoms with Gasteiger partial charge in [-0.25, -0.2) is 0 Å². The third kappa shape index (κ3) is 2.60. The molecule has 1 amide bonds. The molecule has 2 fully saturated rings. The van der Waals surface area contributed by atoms with Crippen LogP contribution in [0, 0.1) is 11.3 Å². The maximum absolute atomic E-state index is 11.7. The van der Waals surface area contributed by atoms with Gasteiger partial charge in [-0.15, -0.1) is 11.6 Å². The lowest BCUT2D eigenvalue weighted by Gasteiger charge is -2.29. The van der Waals surface area contributed by atoms with E-state index in [1.54, 1.807) is 0 Å². The van der Waals surface area contributed by atoms with Crippen molar-refractivity contribution in [2.75, 3.05) is 32.2 Å². The van der Waals surface area contributed by atoms with Crippen LogP contribution in [0.4, 0.5) is 0 Å². The van der Waals surface area contributed by atoms with E-state index in [4.69, 9.17) is 16.3 Å². The number of ether oxygens (including phenoxy) is 1. The van der Waals surface area contributed by atoms with Crippen molar-refractivity contribution in [3.63, 3.8) is 0 Å². The maximum atomic E-state index is 11.7. The molecule has 0 radical (unpaired) electrons. The van der Waals surface area contributed by atoms with Gasteiger partial charge in [-0.2, -0.15) is 0 Å². The highest BCUT2D eigenvalue weighted by atomic mass is 35.5. The molecular formula is C13H22ClNO2. The van der Waals surface area contributed by atoms with Crippen molar-refractivity contribution in [2.45, 2.75) is 32.6 Å². The standard InChI is InChI=1S/C13H22ClNO2/c1-2-17-9-11-8-15(12(16)7-14)10-13(11)5-3-4-6-13/h11H,2-10H2,1H3. The number of alkyl halides is 1. The van der Waals surface area contributed by atoms with Crippen molar-refractivity contribution in [1.82, 2.24) is 4.90 Å². The summed E-state index contributed by atoms with van der Waals surface area (Å²) in [5.74, 6) is 0.700. The molecule has 0 aromatic rings. The largest absolute Gasteiger partial charge is 0.381 e. The third-order valence-electron chi connectivity index (χ3n) is 4.40. The van der Waals surface area contributed by atoms with Crippen molar-refractivity contribution >= 4 is 17.5 Å². The van der Waals surface area contributed by atoms with E-state index < -0.39 is 0 Å². The molecule has 4 heteroatoms. The average molecular weight is 260 g/mol. The van der Waals surface area contributed by atoms with Crippen LogP contribution in [0.5, 0.6) is 0 Å². The monoisotopic (exact) mass is 259 g/mol. The maximum Gasteiger partial charge on any atom is 0.237 e. The fourth-order valence-electron chi connectivity index (χ4n) is 3.44. The van der Waals surface area contributed by atoms with Crippen LogP contribution in [-0.2, 0) is 9.53 Å². The molecule has 98 valence electrons. The molecule has 1 unspecified atom stereocenters. The quantitative estimate of drug-likeness (QED) is 0.725.